The van der Waals surface area contributed by atoms with Crippen molar-refractivity contribution in [3.8, 4) is 0 Å². The minimum Gasteiger partial charge on any atom is -0.490 e. The zero-order valence-corrected chi connectivity index (χ0v) is 14.0. The second-order valence-corrected chi connectivity index (χ2v) is 5.85. The summed E-state index contributed by atoms with van der Waals surface area (Å²) in [6, 6.07) is 8.57. The number of likely N-dealkylation sites (tertiary alicyclic amines) is 1. The van der Waals surface area contributed by atoms with E-state index in [9.17, 15) is 0 Å². The van der Waals surface area contributed by atoms with Gasteiger partial charge in [-0.15, -0.1) is 0 Å². The lowest BCUT2D eigenvalue weighted by molar-refractivity contribution is -0.0574. The summed E-state index contributed by atoms with van der Waals surface area (Å²) in [5.74, 6) is 0.646. The van der Waals surface area contributed by atoms with Crippen LogP contribution in [-0.2, 0) is 22.6 Å². The summed E-state index contributed by atoms with van der Waals surface area (Å²) in [7, 11) is 0. The molecule has 1 aliphatic heterocycles. The fourth-order valence-electron chi connectivity index (χ4n) is 2.44. The first-order chi connectivity index (χ1) is 11.2. The van der Waals surface area contributed by atoms with E-state index < -0.39 is 0 Å². The molecule has 0 amide bonds. The first kappa shape index (κ1) is 17.5. The number of rotatable bonds is 10. The number of hydrogen-bond acceptors (Lipinski definition) is 3. The van der Waals surface area contributed by atoms with E-state index in [1.54, 1.807) is 6.08 Å². The van der Waals surface area contributed by atoms with Crippen molar-refractivity contribution < 1.29 is 9.47 Å². The van der Waals surface area contributed by atoms with Gasteiger partial charge in [0, 0.05) is 26.2 Å². The van der Waals surface area contributed by atoms with E-state index in [4.69, 9.17) is 9.47 Å². The molecular formula is C20H27NO2. The molecule has 0 aliphatic carbocycles. The molecule has 1 heterocycles. The maximum atomic E-state index is 5.72. The van der Waals surface area contributed by atoms with Crippen molar-refractivity contribution in [1.82, 2.24) is 4.90 Å². The van der Waals surface area contributed by atoms with E-state index in [2.05, 4.69) is 49.2 Å². The van der Waals surface area contributed by atoms with Gasteiger partial charge < -0.3 is 9.47 Å². The Bertz CT molecular complexity index is 527. The summed E-state index contributed by atoms with van der Waals surface area (Å²) >= 11 is 0. The Balaban J connectivity index is 1.70. The molecule has 3 nitrogen and oxygen atoms in total. The molecule has 0 radical (unpaired) electrons. The molecule has 0 saturated carbocycles. The minimum absolute atomic E-state index is 0.428. The summed E-state index contributed by atoms with van der Waals surface area (Å²) in [5.41, 5.74) is 2.47. The lowest BCUT2D eigenvalue weighted by atomic mass is 10.1. The van der Waals surface area contributed by atoms with Gasteiger partial charge in [-0.3, -0.25) is 4.90 Å². The van der Waals surface area contributed by atoms with Crippen molar-refractivity contribution in [2.45, 2.75) is 32.6 Å². The molecule has 23 heavy (non-hydrogen) atoms. The van der Waals surface area contributed by atoms with Gasteiger partial charge in [0.25, 0.3) is 0 Å². The monoisotopic (exact) mass is 313 g/mol. The first-order valence-corrected chi connectivity index (χ1v) is 8.24. The van der Waals surface area contributed by atoms with Crippen molar-refractivity contribution >= 4 is 0 Å². The standard InChI is InChI=1S/C20H27NO2/c1-4-6-7-17(3)23-16-19-10-8-18(9-11-19)13-21-14-20(15-21)22-12-5-2/h4,6-11,20H,1,3,5,12-16H2,2H3. The van der Waals surface area contributed by atoms with Gasteiger partial charge in [-0.2, -0.15) is 0 Å². The number of ether oxygens (including phenoxy) is 2. The van der Waals surface area contributed by atoms with Crippen molar-refractivity contribution in [3.63, 3.8) is 0 Å². The largest absolute Gasteiger partial charge is 0.490 e. The maximum absolute atomic E-state index is 5.72. The zero-order chi connectivity index (χ0) is 16.5. The van der Waals surface area contributed by atoms with Crippen LogP contribution in [0.15, 0.2) is 61.4 Å². The smallest absolute Gasteiger partial charge is 0.113 e. The molecule has 1 aliphatic rings. The lowest BCUT2D eigenvalue weighted by Crippen LogP contribution is -2.51. The van der Waals surface area contributed by atoms with Crippen LogP contribution in [0.2, 0.25) is 0 Å². The predicted molar refractivity (Wildman–Crippen MR) is 95.0 cm³/mol. The second-order valence-electron chi connectivity index (χ2n) is 5.85. The van der Waals surface area contributed by atoms with Crippen molar-refractivity contribution in [1.29, 1.82) is 0 Å². The van der Waals surface area contributed by atoms with Crippen LogP contribution in [0, 0.1) is 0 Å². The van der Waals surface area contributed by atoms with Crippen LogP contribution >= 0.6 is 0 Å². The van der Waals surface area contributed by atoms with E-state index in [0.29, 0.717) is 18.5 Å². The van der Waals surface area contributed by atoms with Crippen LogP contribution < -0.4 is 0 Å². The lowest BCUT2D eigenvalue weighted by Gasteiger charge is -2.39. The Labute approximate surface area is 139 Å². The molecule has 0 unspecified atom stereocenters. The molecule has 2 rings (SSSR count). The molecule has 0 spiro atoms. The van der Waals surface area contributed by atoms with Crippen molar-refractivity contribution in [2.75, 3.05) is 19.7 Å². The van der Waals surface area contributed by atoms with Gasteiger partial charge in [0.15, 0.2) is 0 Å². The third-order valence-corrected chi connectivity index (χ3v) is 3.75. The molecule has 124 valence electrons. The summed E-state index contributed by atoms with van der Waals surface area (Å²) in [6.07, 6.45) is 6.85. The normalized spacial score (nSPS) is 15.5. The Morgan fingerprint density at radius 1 is 1.26 bits per heavy atom. The molecule has 3 heteroatoms. The highest BCUT2D eigenvalue weighted by Gasteiger charge is 2.26. The SMILES string of the molecule is C=CC=CC(=C)OCc1ccc(CN2CC(OCCC)C2)cc1. The quantitative estimate of drug-likeness (QED) is 0.480. The molecule has 1 aromatic carbocycles. The van der Waals surface area contributed by atoms with Gasteiger partial charge in [0.2, 0.25) is 0 Å². The average Bonchev–Trinajstić information content (AvgIpc) is 2.54. The molecule has 0 aromatic heterocycles. The molecular weight excluding hydrogens is 286 g/mol. The Morgan fingerprint density at radius 2 is 1.96 bits per heavy atom. The summed E-state index contributed by atoms with van der Waals surface area (Å²) in [5, 5.41) is 0. The average molecular weight is 313 g/mol. The number of allylic oxidation sites excluding steroid dienone is 3. The van der Waals surface area contributed by atoms with Crippen LogP contribution in [-0.4, -0.2) is 30.7 Å². The van der Waals surface area contributed by atoms with Crippen LogP contribution in [0.5, 0.6) is 0 Å². The first-order valence-electron chi connectivity index (χ1n) is 8.24. The third-order valence-electron chi connectivity index (χ3n) is 3.75. The van der Waals surface area contributed by atoms with Gasteiger partial charge in [-0.1, -0.05) is 56.5 Å². The Morgan fingerprint density at radius 3 is 2.61 bits per heavy atom. The van der Waals surface area contributed by atoms with Gasteiger partial charge in [-0.25, -0.2) is 0 Å². The van der Waals surface area contributed by atoms with E-state index >= 15 is 0 Å². The van der Waals surface area contributed by atoms with Gasteiger partial charge >= 0.3 is 0 Å². The van der Waals surface area contributed by atoms with E-state index in [1.807, 2.05) is 12.2 Å². The summed E-state index contributed by atoms with van der Waals surface area (Å²) in [6.45, 7) is 14.1. The third kappa shape index (κ3) is 6.05. The topological polar surface area (TPSA) is 21.7 Å². The van der Waals surface area contributed by atoms with E-state index in [0.717, 1.165) is 38.2 Å². The fourth-order valence-corrected chi connectivity index (χ4v) is 2.44. The molecule has 0 atom stereocenters. The molecule has 0 N–H and O–H groups in total. The van der Waals surface area contributed by atoms with Gasteiger partial charge in [0.05, 0.1) is 6.10 Å². The highest BCUT2D eigenvalue weighted by molar-refractivity contribution is 5.23. The highest BCUT2D eigenvalue weighted by atomic mass is 16.5. The van der Waals surface area contributed by atoms with Crippen LogP contribution in [0.25, 0.3) is 0 Å². The van der Waals surface area contributed by atoms with E-state index in [-0.39, 0.29) is 0 Å². The predicted octanol–water partition coefficient (Wildman–Crippen LogP) is 4.07. The summed E-state index contributed by atoms with van der Waals surface area (Å²) in [4.78, 5) is 2.41. The second kappa shape index (κ2) is 9.33. The van der Waals surface area contributed by atoms with Crippen molar-refractivity contribution in [2.24, 2.45) is 0 Å². The molecule has 1 saturated heterocycles. The van der Waals surface area contributed by atoms with Gasteiger partial charge in [-0.05, 0) is 23.6 Å². The Hall–Kier alpha value is -1.84. The van der Waals surface area contributed by atoms with Crippen LogP contribution in [0.4, 0.5) is 0 Å². The maximum Gasteiger partial charge on any atom is 0.113 e. The number of nitrogens with zero attached hydrogens (tertiary/aromatic N) is 1. The summed E-state index contributed by atoms with van der Waals surface area (Å²) < 4.78 is 11.3. The fraction of sp³-hybridized carbons (Fsp3) is 0.400. The number of hydrogen-bond donors (Lipinski definition) is 0. The Kier molecular flexibility index (Phi) is 7.11. The van der Waals surface area contributed by atoms with Crippen molar-refractivity contribution in [3.05, 3.63) is 72.5 Å². The number of benzene rings is 1. The van der Waals surface area contributed by atoms with E-state index in [1.165, 1.54) is 5.56 Å². The minimum atomic E-state index is 0.428. The molecule has 0 bridgehead atoms. The molecule has 1 aromatic rings. The van der Waals surface area contributed by atoms with Gasteiger partial charge in [0.1, 0.15) is 12.4 Å². The molecule has 1 fully saturated rings. The zero-order valence-electron chi connectivity index (χ0n) is 14.0. The highest BCUT2D eigenvalue weighted by Crippen LogP contribution is 2.17. The van der Waals surface area contributed by atoms with Crippen LogP contribution in [0.1, 0.15) is 24.5 Å². The van der Waals surface area contributed by atoms with Crippen LogP contribution in [0.3, 0.4) is 0 Å².